The summed E-state index contributed by atoms with van der Waals surface area (Å²) in [4.78, 5) is 28.6. The summed E-state index contributed by atoms with van der Waals surface area (Å²) in [6.45, 7) is 1.92. The molecule has 0 radical (unpaired) electrons. The van der Waals surface area contributed by atoms with E-state index in [4.69, 9.17) is 9.47 Å². The van der Waals surface area contributed by atoms with Crippen LogP contribution in [-0.4, -0.2) is 17.8 Å². The second kappa shape index (κ2) is 7.94. The van der Waals surface area contributed by atoms with E-state index in [0.717, 1.165) is 16.7 Å². The number of rotatable bonds is 4. The van der Waals surface area contributed by atoms with Gasteiger partial charge in [-0.25, -0.2) is 14.6 Å². The molecule has 5 heteroatoms. The van der Waals surface area contributed by atoms with E-state index in [1.165, 1.54) is 0 Å². The number of benzene rings is 3. The van der Waals surface area contributed by atoms with Crippen LogP contribution < -0.4 is 4.74 Å². The summed E-state index contributed by atoms with van der Waals surface area (Å²) in [7, 11) is 0. The molecular weight excluding hydrogens is 366 g/mol. The highest BCUT2D eigenvalue weighted by atomic mass is 16.6. The van der Waals surface area contributed by atoms with Crippen LogP contribution in [0, 0.1) is 6.92 Å². The van der Waals surface area contributed by atoms with Crippen LogP contribution in [0.25, 0.3) is 6.08 Å². The summed E-state index contributed by atoms with van der Waals surface area (Å²) in [5.74, 6) is -0.221. The zero-order chi connectivity index (χ0) is 20.2. The van der Waals surface area contributed by atoms with Crippen molar-refractivity contribution >= 4 is 23.9 Å². The van der Waals surface area contributed by atoms with Crippen molar-refractivity contribution in [1.29, 1.82) is 0 Å². The Morgan fingerprint density at radius 1 is 0.966 bits per heavy atom. The number of aryl methyl sites for hydroxylation is 1. The number of esters is 2. The number of hydrogen-bond acceptors (Lipinski definition) is 5. The van der Waals surface area contributed by atoms with Gasteiger partial charge in [0.05, 0.1) is 5.56 Å². The van der Waals surface area contributed by atoms with Gasteiger partial charge in [-0.15, -0.1) is 0 Å². The minimum absolute atomic E-state index is 0.216. The number of hydrogen-bond donors (Lipinski definition) is 0. The van der Waals surface area contributed by atoms with Crippen molar-refractivity contribution in [2.75, 3.05) is 0 Å². The predicted molar refractivity (Wildman–Crippen MR) is 110 cm³/mol. The molecular formula is C24H17NO4. The summed E-state index contributed by atoms with van der Waals surface area (Å²) in [5.41, 5.74) is 3.18. The van der Waals surface area contributed by atoms with Gasteiger partial charge in [0.25, 0.3) is 0 Å². The Kier molecular flexibility index (Phi) is 5.03. The molecule has 0 saturated heterocycles. The summed E-state index contributed by atoms with van der Waals surface area (Å²) >= 11 is 0. The van der Waals surface area contributed by atoms with Crippen LogP contribution in [0.1, 0.15) is 27.0 Å². The van der Waals surface area contributed by atoms with Gasteiger partial charge in [-0.05, 0) is 55.0 Å². The van der Waals surface area contributed by atoms with Crippen LogP contribution in [0.3, 0.4) is 0 Å². The first kappa shape index (κ1) is 18.4. The molecule has 0 N–H and O–H groups in total. The van der Waals surface area contributed by atoms with Gasteiger partial charge >= 0.3 is 11.9 Å². The number of ether oxygens (including phenoxy) is 2. The van der Waals surface area contributed by atoms with Gasteiger partial charge in [0.1, 0.15) is 5.75 Å². The Balaban J connectivity index is 1.49. The second-order valence-electron chi connectivity index (χ2n) is 6.53. The number of cyclic esters (lactones) is 1. The number of carbonyl (C=O) groups excluding carboxylic acids is 2. The molecule has 0 spiro atoms. The van der Waals surface area contributed by atoms with Gasteiger partial charge in [0.15, 0.2) is 5.70 Å². The first-order valence-electron chi connectivity index (χ1n) is 9.05. The third kappa shape index (κ3) is 4.30. The fourth-order valence-corrected chi connectivity index (χ4v) is 2.84. The maximum absolute atomic E-state index is 12.2. The van der Waals surface area contributed by atoms with Crippen molar-refractivity contribution in [3.63, 3.8) is 0 Å². The average molecular weight is 383 g/mol. The lowest BCUT2D eigenvalue weighted by atomic mass is 10.1. The lowest BCUT2D eigenvalue weighted by Crippen LogP contribution is -2.08. The summed E-state index contributed by atoms with van der Waals surface area (Å²) < 4.78 is 10.6. The van der Waals surface area contributed by atoms with E-state index in [1.807, 2.05) is 49.4 Å². The topological polar surface area (TPSA) is 65.0 Å². The van der Waals surface area contributed by atoms with Crippen LogP contribution in [0.5, 0.6) is 5.75 Å². The number of carbonyl (C=O) groups is 2. The molecule has 142 valence electrons. The second-order valence-corrected chi connectivity index (χ2v) is 6.53. The summed E-state index contributed by atoms with van der Waals surface area (Å²) in [6, 6.07) is 23.3. The van der Waals surface area contributed by atoms with E-state index < -0.39 is 11.9 Å². The molecule has 0 atom stereocenters. The van der Waals surface area contributed by atoms with E-state index in [0.29, 0.717) is 11.3 Å². The normalized spacial score (nSPS) is 14.4. The monoisotopic (exact) mass is 383 g/mol. The average Bonchev–Trinajstić information content (AvgIpc) is 3.10. The summed E-state index contributed by atoms with van der Waals surface area (Å²) in [6.07, 6.45) is 1.63. The van der Waals surface area contributed by atoms with Crippen molar-refractivity contribution in [2.45, 2.75) is 6.92 Å². The molecule has 0 aliphatic carbocycles. The Labute approximate surface area is 167 Å². The van der Waals surface area contributed by atoms with E-state index in [1.54, 1.807) is 42.5 Å². The van der Waals surface area contributed by atoms with Gasteiger partial charge in [-0.1, -0.05) is 48.0 Å². The van der Waals surface area contributed by atoms with Crippen LogP contribution in [0.15, 0.2) is 89.6 Å². The predicted octanol–water partition coefficient (Wildman–Crippen LogP) is 4.56. The van der Waals surface area contributed by atoms with Crippen LogP contribution in [-0.2, 0) is 9.53 Å². The molecule has 1 aliphatic rings. The van der Waals surface area contributed by atoms with Crippen molar-refractivity contribution in [3.8, 4) is 5.75 Å². The minimum Gasteiger partial charge on any atom is -0.423 e. The van der Waals surface area contributed by atoms with Gasteiger partial charge in [0, 0.05) is 5.56 Å². The van der Waals surface area contributed by atoms with Crippen molar-refractivity contribution in [2.24, 2.45) is 4.99 Å². The molecule has 4 rings (SSSR count). The SMILES string of the molecule is Cc1cccc(C(=O)Oc2ccc(/C=C3/N=C(c4ccccc4)OC3=O)cc2)c1. The fourth-order valence-electron chi connectivity index (χ4n) is 2.84. The first-order chi connectivity index (χ1) is 14.1. The van der Waals surface area contributed by atoms with E-state index in [-0.39, 0.29) is 11.6 Å². The third-order valence-corrected chi connectivity index (χ3v) is 4.29. The van der Waals surface area contributed by atoms with E-state index in [9.17, 15) is 9.59 Å². The molecule has 29 heavy (non-hydrogen) atoms. The fraction of sp³-hybridized carbons (Fsp3) is 0.0417. The number of aliphatic imine (C=N–C) groups is 1. The molecule has 5 nitrogen and oxygen atoms in total. The Morgan fingerprint density at radius 3 is 2.45 bits per heavy atom. The van der Waals surface area contributed by atoms with Gasteiger partial charge in [-0.2, -0.15) is 0 Å². The standard InChI is InChI=1S/C24H17NO4/c1-16-6-5-9-19(14-16)23(26)28-20-12-10-17(11-13-20)15-21-24(27)29-22(25-21)18-7-3-2-4-8-18/h2-15H,1H3/b21-15+. The highest BCUT2D eigenvalue weighted by Crippen LogP contribution is 2.21. The lowest BCUT2D eigenvalue weighted by molar-refractivity contribution is -0.129. The van der Waals surface area contributed by atoms with Crippen LogP contribution in [0.4, 0.5) is 0 Å². The highest BCUT2D eigenvalue weighted by Gasteiger charge is 2.23. The number of nitrogens with zero attached hydrogens (tertiary/aromatic N) is 1. The molecule has 1 aliphatic heterocycles. The van der Waals surface area contributed by atoms with E-state index in [2.05, 4.69) is 4.99 Å². The molecule has 1 heterocycles. The molecule has 0 amide bonds. The maximum atomic E-state index is 12.2. The molecule has 0 aromatic heterocycles. The highest BCUT2D eigenvalue weighted by molar-refractivity contribution is 6.12. The third-order valence-electron chi connectivity index (χ3n) is 4.29. The zero-order valence-corrected chi connectivity index (χ0v) is 15.7. The largest absolute Gasteiger partial charge is 0.423 e. The Morgan fingerprint density at radius 2 is 1.72 bits per heavy atom. The molecule has 0 unspecified atom stereocenters. The van der Waals surface area contributed by atoms with Gasteiger partial charge < -0.3 is 9.47 Å². The van der Waals surface area contributed by atoms with Gasteiger partial charge in [0.2, 0.25) is 5.90 Å². The Bertz CT molecular complexity index is 1130. The molecule has 3 aromatic rings. The molecule has 0 bridgehead atoms. The van der Waals surface area contributed by atoms with E-state index >= 15 is 0 Å². The van der Waals surface area contributed by atoms with Crippen LogP contribution >= 0.6 is 0 Å². The summed E-state index contributed by atoms with van der Waals surface area (Å²) in [5, 5.41) is 0. The van der Waals surface area contributed by atoms with Crippen molar-refractivity contribution in [1.82, 2.24) is 0 Å². The Hall–Kier alpha value is -3.99. The maximum Gasteiger partial charge on any atom is 0.363 e. The quantitative estimate of drug-likeness (QED) is 0.376. The lowest BCUT2D eigenvalue weighted by Gasteiger charge is -2.05. The minimum atomic E-state index is -0.501. The smallest absolute Gasteiger partial charge is 0.363 e. The zero-order valence-electron chi connectivity index (χ0n) is 15.7. The van der Waals surface area contributed by atoms with Crippen LogP contribution in [0.2, 0.25) is 0 Å². The molecule has 3 aromatic carbocycles. The van der Waals surface area contributed by atoms with Crippen molar-refractivity contribution in [3.05, 3.63) is 107 Å². The molecule has 0 saturated carbocycles. The molecule has 0 fully saturated rings. The first-order valence-corrected chi connectivity index (χ1v) is 9.05. The van der Waals surface area contributed by atoms with Gasteiger partial charge in [-0.3, -0.25) is 0 Å². The van der Waals surface area contributed by atoms with Crippen molar-refractivity contribution < 1.29 is 19.1 Å².